The van der Waals surface area contributed by atoms with Gasteiger partial charge >= 0.3 is 0 Å². The van der Waals surface area contributed by atoms with Crippen LogP contribution in [0.15, 0.2) is 45.6 Å². The molecule has 3 aromatic rings. The maximum absolute atomic E-state index is 13.1. The van der Waals surface area contributed by atoms with E-state index in [1.54, 1.807) is 18.0 Å². The number of oxazole rings is 1. The van der Waals surface area contributed by atoms with E-state index in [-0.39, 0.29) is 24.8 Å². The molecule has 2 aromatic heterocycles. The molecule has 0 unspecified atom stereocenters. The summed E-state index contributed by atoms with van der Waals surface area (Å²) in [7, 11) is 0. The molecule has 1 fully saturated rings. The molecule has 0 saturated carbocycles. The summed E-state index contributed by atoms with van der Waals surface area (Å²) in [6.07, 6.45) is 4.65. The lowest BCUT2D eigenvalue weighted by molar-refractivity contribution is -0.149. The summed E-state index contributed by atoms with van der Waals surface area (Å²) >= 11 is 0. The van der Waals surface area contributed by atoms with Crippen molar-refractivity contribution in [3.8, 4) is 11.3 Å². The predicted octanol–water partition coefficient (Wildman–Crippen LogP) is 3.05. The molecular formula is C23H27N5O4. The highest BCUT2D eigenvalue weighted by Gasteiger charge is 2.43. The average Bonchev–Trinajstić information content (AvgIpc) is 3.45. The highest BCUT2D eigenvalue weighted by molar-refractivity contribution is 5.91. The minimum absolute atomic E-state index is 0.0823. The fourth-order valence-corrected chi connectivity index (χ4v) is 4.03. The van der Waals surface area contributed by atoms with E-state index in [2.05, 4.69) is 25.2 Å². The standard InChI is InChI=1S/C23H27N5O4/c1-16-18(27-32-26-16)14-25-22(30)23(2)12-6-7-13-28(23)21(29)11-10-20-24-15-19(31-20)17-8-4-3-5-9-17/h3-5,8-9,15H,6-7,10-14H2,1-2H3,(H,25,30)/t23-/m1/s1. The van der Waals surface area contributed by atoms with Gasteiger partial charge in [-0.1, -0.05) is 40.6 Å². The number of piperidine rings is 1. The lowest BCUT2D eigenvalue weighted by atomic mass is 9.87. The van der Waals surface area contributed by atoms with Crippen molar-refractivity contribution < 1.29 is 18.6 Å². The minimum Gasteiger partial charge on any atom is -0.441 e. The molecule has 1 aliphatic rings. The van der Waals surface area contributed by atoms with Crippen LogP contribution in [0.1, 0.15) is 49.9 Å². The third-order valence-corrected chi connectivity index (χ3v) is 6.01. The van der Waals surface area contributed by atoms with Gasteiger partial charge < -0.3 is 14.6 Å². The fourth-order valence-electron chi connectivity index (χ4n) is 4.03. The van der Waals surface area contributed by atoms with Crippen LogP contribution in [0.3, 0.4) is 0 Å². The van der Waals surface area contributed by atoms with Crippen LogP contribution in [-0.4, -0.2) is 44.1 Å². The first-order valence-corrected chi connectivity index (χ1v) is 10.8. The SMILES string of the molecule is Cc1nonc1CNC(=O)[C@@]1(C)CCCCN1C(=O)CCc1ncc(-c2ccccc2)o1. The van der Waals surface area contributed by atoms with Crippen LogP contribution in [0.2, 0.25) is 0 Å². The molecule has 3 heterocycles. The van der Waals surface area contributed by atoms with Crippen molar-refractivity contribution in [2.75, 3.05) is 6.54 Å². The molecule has 2 amide bonds. The maximum Gasteiger partial charge on any atom is 0.246 e. The number of carbonyl (C=O) groups excluding carboxylic acids is 2. The van der Waals surface area contributed by atoms with E-state index in [1.165, 1.54) is 0 Å². The second kappa shape index (κ2) is 9.33. The Hall–Kier alpha value is -3.49. The molecule has 32 heavy (non-hydrogen) atoms. The number of aromatic nitrogens is 3. The maximum atomic E-state index is 13.1. The molecule has 0 aliphatic carbocycles. The van der Waals surface area contributed by atoms with Gasteiger partial charge in [0.2, 0.25) is 11.8 Å². The number of rotatable bonds is 7. The minimum atomic E-state index is -0.911. The molecule has 0 bridgehead atoms. The number of nitrogens with one attached hydrogen (secondary N) is 1. The Bertz CT molecular complexity index is 1080. The Kier molecular flexibility index (Phi) is 6.34. The monoisotopic (exact) mass is 437 g/mol. The molecule has 1 aliphatic heterocycles. The number of aryl methyl sites for hydroxylation is 2. The van der Waals surface area contributed by atoms with Crippen molar-refractivity contribution >= 4 is 11.8 Å². The van der Waals surface area contributed by atoms with E-state index in [0.717, 1.165) is 18.4 Å². The van der Waals surface area contributed by atoms with E-state index >= 15 is 0 Å². The number of hydrogen-bond donors (Lipinski definition) is 1. The van der Waals surface area contributed by atoms with Gasteiger partial charge in [0.15, 0.2) is 11.7 Å². The smallest absolute Gasteiger partial charge is 0.246 e. The number of amides is 2. The van der Waals surface area contributed by atoms with Gasteiger partial charge in [0.25, 0.3) is 0 Å². The molecular weight excluding hydrogens is 410 g/mol. The molecule has 1 saturated heterocycles. The van der Waals surface area contributed by atoms with Crippen LogP contribution >= 0.6 is 0 Å². The summed E-state index contributed by atoms with van der Waals surface area (Å²) in [6, 6.07) is 9.70. The second-order valence-electron chi connectivity index (χ2n) is 8.24. The molecule has 1 aromatic carbocycles. The van der Waals surface area contributed by atoms with Gasteiger partial charge in [0, 0.05) is 24.9 Å². The number of likely N-dealkylation sites (tertiary alicyclic amines) is 1. The third kappa shape index (κ3) is 4.56. The van der Waals surface area contributed by atoms with Crippen molar-refractivity contribution in [1.82, 2.24) is 25.5 Å². The molecule has 1 N–H and O–H groups in total. The van der Waals surface area contributed by atoms with Crippen molar-refractivity contribution in [1.29, 1.82) is 0 Å². The van der Waals surface area contributed by atoms with Crippen LogP contribution in [-0.2, 0) is 22.6 Å². The molecule has 0 radical (unpaired) electrons. The summed E-state index contributed by atoms with van der Waals surface area (Å²) in [6.45, 7) is 4.35. The molecule has 0 spiro atoms. The van der Waals surface area contributed by atoms with Crippen molar-refractivity contribution in [2.45, 2.75) is 58.0 Å². The number of carbonyl (C=O) groups is 2. The zero-order valence-corrected chi connectivity index (χ0v) is 18.3. The lowest BCUT2D eigenvalue weighted by Crippen LogP contribution is -2.60. The van der Waals surface area contributed by atoms with Gasteiger partial charge in [0.1, 0.15) is 16.9 Å². The fraction of sp³-hybridized carbons (Fsp3) is 0.435. The zero-order valence-electron chi connectivity index (χ0n) is 18.3. The second-order valence-corrected chi connectivity index (χ2v) is 8.24. The largest absolute Gasteiger partial charge is 0.441 e. The van der Waals surface area contributed by atoms with Crippen LogP contribution in [0.5, 0.6) is 0 Å². The third-order valence-electron chi connectivity index (χ3n) is 6.01. The van der Waals surface area contributed by atoms with Crippen molar-refractivity contribution in [2.24, 2.45) is 0 Å². The summed E-state index contributed by atoms with van der Waals surface area (Å²) in [5.74, 6) is 0.902. The molecule has 9 heteroatoms. The molecule has 168 valence electrons. The van der Waals surface area contributed by atoms with E-state index < -0.39 is 5.54 Å². The Morgan fingerprint density at radius 3 is 2.75 bits per heavy atom. The highest BCUT2D eigenvalue weighted by Crippen LogP contribution is 2.29. The summed E-state index contributed by atoms with van der Waals surface area (Å²) in [5.41, 5.74) is 1.24. The first-order valence-electron chi connectivity index (χ1n) is 10.8. The van der Waals surface area contributed by atoms with E-state index in [9.17, 15) is 9.59 Å². The number of benzene rings is 1. The van der Waals surface area contributed by atoms with Gasteiger partial charge in [-0.3, -0.25) is 9.59 Å². The lowest BCUT2D eigenvalue weighted by Gasteiger charge is -2.43. The van der Waals surface area contributed by atoms with E-state index in [1.807, 2.05) is 37.3 Å². The Labute approximate surface area is 186 Å². The quantitative estimate of drug-likeness (QED) is 0.604. The van der Waals surface area contributed by atoms with Crippen LogP contribution in [0.4, 0.5) is 0 Å². The van der Waals surface area contributed by atoms with Gasteiger partial charge in [-0.15, -0.1) is 0 Å². The zero-order chi connectivity index (χ0) is 22.6. The van der Waals surface area contributed by atoms with Gasteiger partial charge in [0.05, 0.1) is 12.7 Å². The topological polar surface area (TPSA) is 114 Å². The molecule has 1 atom stereocenters. The summed E-state index contributed by atoms with van der Waals surface area (Å²) < 4.78 is 10.5. The highest BCUT2D eigenvalue weighted by atomic mass is 16.6. The van der Waals surface area contributed by atoms with Crippen LogP contribution in [0, 0.1) is 6.92 Å². The normalized spacial score (nSPS) is 18.5. The Morgan fingerprint density at radius 2 is 2.00 bits per heavy atom. The van der Waals surface area contributed by atoms with Crippen molar-refractivity contribution in [3.63, 3.8) is 0 Å². The van der Waals surface area contributed by atoms with E-state index in [0.29, 0.717) is 42.4 Å². The average molecular weight is 438 g/mol. The predicted molar refractivity (Wildman–Crippen MR) is 115 cm³/mol. The van der Waals surface area contributed by atoms with Crippen molar-refractivity contribution in [3.05, 3.63) is 53.8 Å². The first kappa shape index (κ1) is 21.7. The molecule has 9 nitrogen and oxygen atoms in total. The van der Waals surface area contributed by atoms with Crippen LogP contribution in [0.25, 0.3) is 11.3 Å². The van der Waals surface area contributed by atoms with Gasteiger partial charge in [-0.2, -0.15) is 0 Å². The van der Waals surface area contributed by atoms with Crippen LogP contribution < -0.4 is 5.32 Å². The van der Waals surface area contributed by atoms with Gasteiger partial charge in [-0.05, 0) is 33.1 Å². The van der Waals surface area contributed by atoms with Gasteiger partial charge in [-0.25, -0.2) is 9.61 Å². The Balaban J connectivity index is 1.38. The number of hydrogen-bond acceptors (Lipinski definition) is 7. The Morgan fingerprint density at radius 1 is 1.19 bits per heavy atom. The molecule has 4 rings (SSSR count). The van der Waals surface area contributed by atoms with E-state index in [4.69, 9.17) is 4.42 Å². The summed E-state index contributed by atoms with van der Waals surface area (Å²) in [5, 5.41) is 10.4. The number of nitrogens with zero attached hydrogens (tertiary/aromatic N) is 4. The first-order chi connectivity index (χ1) is 15.5. The summed E-state index contributed by atoms with van der Waals surface area (Å²) in [4.78, 5) is 32.2.